The van der Waals surface area contributed by atoms with Crippen molar-refractivity contribution in [1.82, 2.24) is 0 Å². The Bertz CT molecular complexity index is 542. The average Bonchev–Trinajstić information content (AvgIpc) is 2.39. The summed E-state index contributed by atoms with van der Waals surface area (Å²) in [5.74, 6) is -3.63. The molecular formula is C12H16F4NO4P. The van der Waals surface area contributed by atoms with Gasteiger partial charge in [-0.05, 0) is 31.5 Å². The smallest absolute Gasteiger partial charge is 0.403 e. The molecule has 0 heterocycles. The molecular weight excluding hydrogens is 329 g/mol. The fourth-order valence-corrected chi connectivity index (χ4v) is 3.29. The van der Waals surface area contributed by atoms with Crippen LogP contribution in [0.1, 0.15) is 25.2 Å². The highest BCUT2D eigenvalue weighted by atomic mass is 31.2. The quantitative estimate of drug-likeness (QED) is 0.599. The van der Waals surface area contributed by atoms with Crippen LogP contribution in [0.25, 0.3) is 0 Å². The predicted molar refractivity (Wildman–Crippen MR) is 70.9 cm³/mol. The molecule has 0 aliphatic rings. The molecule has 0 saturated carbocycles. The number of benzene rings is 1. The van der Waals surface area contributed by atoms with Gasteiger partial charge in [-0.1, -0.05) is 6.07 Å². The van der Waals surface area contributed by atoms with Crippen LogP contribution >= 0.6 is 7.60 Å². The summed E-state index contributed by atoms with van der Waals surface area (Å²) >= 11 is 0. The summed E-state index contributed by atoms with van der Waals surface area (Å²) in [6, 6.07) is 2.52. The molecule has 1 aromatic carbocycles. The third kappa shape index (κ3) is 4.95. The van der Waals surface area contributed by atoms with Gasteiger partial charge in [0.2, 0.25) is 0 Å². The van der Waals surface area contributed by atoms with E-state index in [1.54, 1.807) is 13.8 Å². The molecule has 0 radical (unpaired) electrons. The summed E-state index contributed by atoms with van der Waals surface area (Å²) in [4.78, 5) is 0. The summed E-state index contributed by atoms with van der Waals surface area (Å²) < 4.78 is 75.8. The monoisotopic (exact) mass is 345 g/mol. The zero-order valence-corrected chi connectivity index (χ0v) is 12.8. The number of alkyl halides is 3. The fraction of sp³-hybridized carbons (Fsp3) is 0.500. The van der Waals surface area contributed by atoms with Gasteiger partial charge in [0.05, 0.1) is 13.2 Å². The van der Waals surface area contributed by atoms with E-state index in [9.17, 15) is 22.1 Å². The first kappa shape index (κ1) is 18.9. The number of hydrogen-bond acceptors (Lipinski definition) is 5. The van der Waals surface area contributed by atoms with E-state index >= 15 is 0 Å². The average molecular weight is 345 g/mol. The minimum atomic E-state index is -5.02. The molecule has 5 nitrogen and oxygen atoms in total. The molecule has 0 fully saturated rings. The molecule has 126 valence electrons. The first-order chi connectivity index (χ1) is 10.1. The Morgan fingerprint density at radius 1 is 1.23 bits per heavy atom. The van der Waals surface area contributed by atoms with Crippen molar-refractivity contribution in [2.45, 2.75) is 26.0 Å². The molecule has 0 aromatic heterocycles. The largest absolute Gasteiger partial charge is 0.573 e. The molecule has 0 saturated heterocycles. The lowest BCUT2D eigenvalue weighted by Crippen LogP contribution is -2.19. The topological polar surface area (TPSA) is 70.8 Å². The van der Waals surface area contributed by atoms with E-state index < -0.39 is 31.3 Å². The Labute approximate surface area is 124 Å². The van der Waals surface area contributed by atoms with Crippen LogP contribution in [-0.2, 0) is 13.6 Å². The molecule has 0 aliphatic heterocycles. The van der Waals surface area contributed by atoms with Gasteiger partial charge in [0.15, 0.2) is 11.6 Å². The lowest BCUT2D eigenvalue weighted by Gasteiger charge is -2.23. The normalized spacial score (nSPS) is 14.0. The van der Waals surface area contributed by atoms with Gasteiger partial charge in [0.1, 0.15) is 5.78 Å². The highest BCUT2D eigenvalue weighted by Gasteiger charge is 2.36. The third-order valence-electron chi connectivity index (χ3n) is 2.48. The van der Waals surface area contributed by atoms with E-state index in [1.165, 1.54) is 0 Å². The van der Waals surface area contributed by atoms with Crippen LogP contribution in [0.3, 0.4) is 0 Å². The Kier molecular flexibility index (Phi) is 6.37. The Morgan fingerprint density at radius 2 is 1.77 bits per heavy atom. The van der Waals surface area contributed by atoms with Crippen molar-refractivity contribution < 1.29 is 35.9 Å². The number of halogens is 4. The van der Waals surface area contributed by atoms with Crippen molar-refractivity contribution in [3.8, 4) is 5.75 Å². The third-order valence-corrected chi connectivity index (χ3v) is 4.70. The van der Waals surface area contributed by atoms with Gasteiger partial charge in [-0.3, -0.25) is 4.57 Å². The second-order valence-electron chi connectivity index (χ2n) is 4.06. The molecule has 0 bridgehead atoms. The van der Waals surface area contributed by atoms with E-state index in [-0.39, 0.29) is 18.8 Å². The van der Waals surface area contributed by atoms with Crippen LogP contribution in [-0.4, -0.2) is 19.6 Å². The number of rotatable bonds is 7. The second kappa shape index (κ2) is 7.41. The van der Waals surface area contributed by atoms with E-state index in [0.29, 0.717) is 6.07 Å². The Hall–Kier alpha value is -1.15. The number of ether oxygens (including phenoxy) is 1. The van der Waals surface area contributed by atoms with E-state index in [4.69, 9.17) is 14.8 Å². The fourth-order valence-electron chi connectivity index (χ4n) is 1.65. The standard InChI is InChI=1S/C12H16F4NO4P/c1-3-19-22(18,20-4-2)11(17)8-5-6-10(9(13)7-8)21-12(14,15)16/h5-7,11H,3-4,17H2,1-2H3/t11-/m1/s1. The molecule has 0 aliphatic carbocycles. The summed E-state index contributed by atoms with van der Waals surface area (Å²) in [5, 5.41) is 0. The molecule has 2 N–H and O–H groups in total. The van der Waals surface area contributed by atoms with E-state index in [1.807, 2.05) is 0 Å². The summed E-state index contributed by atoms with van der Waals surface area (Å²) in [5.41, 5.74) is 5.72. The van der Waals surface area contributed by atoms with Crippen LogP contribution in [0, 0.1) is 5.82 Å². The van der Waals surface area contributed by atoms with Crippen molar-refractivity contribution in [1.29, 1.82) is 0 Å². The van der Waals surface area contributed by atoms with Gasteiger partial charge < -0.3 is 19.5 Å². The van der Waals surface area contributed by atoms with Crippen molar-refractivity contribution in [3.63, 3.8) is 0 Å². The molecule has 10 heteroatoms. The van der Waals surface area contributed by atoms with Crippen LogP contribution in [0.2, 0.25) is 0 Å². The van der Waals surface area contributed by atoms with Crippen molar-refractivity contribution in [2.75, 3.05) is 13.2 Å². The SMILES string of the molecule is CCOP(=O)(OCC)[C@@H](N)c1ccc(OC(F)(F)F)c(F)c1. The van der Waals surface area contributed by atoms with E-state index in [2.05, 4.69) is 4.74 Å². The van der Waals surface area contributed by atoms with Crippen molar-refractivity contribution >= 4 is 7.60 Å². The Balaban J connectivity index is 3.06. The molecule has 22 heavy (non-hydrogen) atoms. The first-order valence-electron chi connectivity index (χ1n) is 6.32. The first-order valence-corrected chi connectivity index (χ1v) is 7.93. The van der Waals surface area contributed by atoms with Crippen molar-refractivity contribution in [3.05, 3.63) is 29.6 Å². The molecule has 0 unspecified atom stereocenters. The van der Waals surface area contributed by atoms with Crippen molar-refractivity contribution in [2.24, 2.45) is 5.73 Å². The van der Waals surface area contributed by atoms with Crippen LogP contribution < -0.4 is 10.5 Å². The zero-order chi connectivity index (χ0) is 17.0. The van der Waals surface area contributed by atoms with Gasteiger partial charge >= 0.3 is 14.0 Å². The zero-order valence-electron chi connectivity index (χ0n) is 11.9. The van der Waals surface area contributed by atoms with E-state index in [0.717, 1.165) is 12.1 Å². The second-order valence-corrected chi connectivity index (χ2v) is 6.21. The molecule has 1 rings (SSSR count). The summed E-state index contributed by atoms with van der Waals surface area (Å²) in [6.07, 6.45) is -5.02. The van der Waals surface area contributed by atoms with Gasteiger partial charge in [0.25, 0.3) is 0 Å². The van der Waals surface area contributed by atoms with Crippen LogP contribution in [0.4, 0.5) is 17.6 Å². The molecule has 1 atom stereocenters. The maximum atomic E-state index is 13.6. The Morgan fingerprint density at radius 3 is 2.18 bits per heavy atom. The minimum absolute atomic E-state index is 0.0303. The van der Waals surface area contributed by atoms with Gasteiger partial charge in [0, 0.05) is 0 Å². The number of hydrogen-bond donors (Lipinski definition) is 1. The van der Waals surface area contributed by atoms with Crippen LogP contribution in [0.5, 0.6) is 5.75 Å². The molecule has 0 amide bonds. The molecule has 0 spiro atoms. The highest BCUT2D eigenvalue weighted by Crippen LogP contribution is 2.58. The lowest BCUT2D eigenvalue weighted by atomic mass is 10.2. The minimum Gasteiger partial charge on any atom is -0.403 e. The maximum absolute atomic E-state index is 13.6. The number of nitrogens with two attached hydrogens (primary N) is 1. The molecule has 1 aromatic rings. The maximum Gasteiger partial charge on any atom is 0.573 e. The predicted octanol–water partition coefficient (Wildman–Crippen LogP) is 3.95. The highest BCUT2D eigenvalue weighted by molar-refractivity contribution is 7.54. The van der Waals surface area contributed by atoms with Crippen LogP contribution in [0.15, 0.2) is 18.2 Å². The van der Waals surface area contributed by atoms with Gasteiger partial charge in [-0.25, -0.2) is 4.39 Å². The van der Waals surface area contributed by atoms with Gasteiger partial charge in [-0.15, -0.1) is 13.2 Å². The summed E-state index contributed by atoms with van der Waals surface area (Å²) in [6.45, 7) is 3.23. The van der Waals surface area contributed by atoms with Gasteiger partial charge in [-0.2, -0.15) is 0 Å². The summed E-state index contributed by atoms with van der Waals surface area (Å²) in [7, 11) is -3.76. The lowest BCUT2D eigenvalue weighted by molar-refractivity contribution is -0.275.